The highest BCUT2D eigenvalue weighted by Gasteiger charge is 2.08. The molecule has 0 aliphatic heterocycles. The molecule has 2 aromatic heterocycles. The number of aromatic nitrogens is 4. The number of nitrogen functional groups attached to an aromatic ring is 2. The quantitative estimate of drug-likeness (QED) is 0.578. The Balaban J connectivity index is 2.53. The van der Waals surface area contributed by atoms with Crippen LogP contribution in [0, 0.1) is 0 Å². The van der Waals surface area contributed by atoms with Crippen LogP contribution in [0.1, 0.15) is 0 Å². The lowest BCUT2D eigenvalue weighted by Crippen LogP contribution is -2.13. The maximum atomic E-state index is 5.56. The molecule has 0 atom stereocenters. The van der Waals surface area contributed by atoms with Crippen molar-refractivity contribution in [2.75, 3.05) is 11.6 Å². The Bertz CT molecular complexity index is 406. The second-order valence-electron chi connectivity index (χ2n) is 2.47. The first kappa shape index (κ1) is 7.53. The van der Waals surface area contributed by atoms with Crippen LogP contribution in [0.5, 0.6) is 0 Å². The second kappa shape index (κ2) is 2.74. The Hall–Kier alpha value is -2.11. The van der Waals surface area contributed by atoms with Crippen molar-refractivity contribution in [3.63, 3.8) is 0 Å². The van der Waals surface area contributed by atoms with Crippen molar-refractivity contribution < 1.29 is 0 Å². The Morgan fingerprint density at radius 3 is 2.62 bits per heavy atom. The lowest BCUT2D eigenvalue weighted by atomic mass is 10.3. The van der Waals surface area contributed by atoms with Crippen molar-refractivity contribution in [3.8, 4) is 11.5 Å². The summed E-state index contributed by atoms with van der Waals surface area (Å²) in [6.45, 7) is 0. The number of anilines is 1. The molecule has 2 rings (SSSR count). The summed E-state index contributed by atoms with van der Waals surface area (Å²) < 4.78 is 1.20. The van der Waals surface area contributed by atoms with Crippen LogP contribution < -0.4 is 11.6 Å². The maximum Gasteiger partial charge on any atom is 0.241 e. The predicted molar refractivity (Wildman–Crippen MR) is 47.8 cm³/mol. The number of nitrogens with two attached hydrogens (primary N) is 2. The van der Waals surface area contributed by atoms with E-state index in [1.165, 1.54) is 4.68 Å². The molecule has 0 saturated heterocycles. The third-order valence-electron chi connectivity index (χ3n) is 1.62. The first-order valence-electron chi connectivity index (χ1n) is 3.66. The van der Waals surface area contributed by atoms with Crippen LogP contribution in [0.2, 0.25) is 0 Å². The van der Waals surface area contributed by atoms with E-state index in [1.54, 1.807) is 12.3 Å². The molecular formula is C7H8N6. The van der Waals surface area contributed by atoms with E-state index in [4.69, 9.17) is 11.6 Å². The SMILES string of the molecule is Nc1nnc(-c2ccccn2)n1N. The molecular weight excluding hydrogens is 168 g/mol. The summed E-state index contributed by atoms with van der Waals surface area (Å²) in [5, 5.41) is 7.40. The molecule has 0 unspecified atom stereocenters. The molecule has 0 aliphatic rings. The normalized spacial score (nSPS) is 10.2. The molecule has 0 fully saturated rings. The first-order chi connectivity index (χ1) is 6.29. The summed E-state index contributed by atoms with van der Waals surface area (Å²) in [5.74, 6) is 6.19. The van der Waals surface area contributed by atoms with Gasteiger partial charge in [-0.05, 0) is 12.1 Å². The van der Waals surface area contributed by atoms with E-state index in [2.05, 4.69) is 15.2 Å². The summed E-state index contributed by atoms with van der Waals surface area (Å²) in [7, 11) is 0. The molecule has 0 radical (unpaired) electrons. The summed E-state index contributed by atoms with van der Waals surface area (Å²) in [6.07, 6.45) is 1.65. The van der Waals surface area contributed by atoms with Gasteiger partial charge in [-0.2, -0.15) is 0 Å². The highest BCUT2D eigenvalue weighted by atomic mass is 15.4. The van der Waals surface area contributed by atoms with Crippen molar-refractivity contribution >= 4 is 5.95 Å². The third-order valence-corrected chi connectivity index (χ3v) is 1.62. The third kappa shape index (κ3) is 1.18. The Morgan fingerprint density at radius 1 is 1.23 bits per heavy atom. The Morgan fingerprint density at radius 2 is 2.08 bits per heavy atom. The monoisotopic (exact) mass is 176 g/mol. The summed E-state index contributed by atoms with van der Waals surface area (Å²) >= 11 is 0. The number of hydrogen-bond donors (Lipinski definition) is 2. The van der Waals surface area contributed by atoms with E-state index in [-0.39, 0.29) is 5.95 Å². The van der Waals surface area contributed by atoms with Gasteiger partial charge >= 0.3 is 0 Å². The van der Waals surface area contributed by atoms with Gasteiger partial charge in [0.15, 0.2) is 0 Å². The number of nitrogens with zero attached hydrogens (tertiary/aromatic N) is 4. The van der Waals surface area contributed by atoms with Crippen molar-refractivity contribution in [3.05, 3.63) is 24.4 Å². The van der Waals surface area contributed by atoms with E-state index < -0.39 is 0 Å². The smallest absolute Gasteiger partial charge is 0.241 e. The highest BCUT2D eigenvalue weighted by molar-refractivity contribution is 5.51. The van der Waals surface area contributed by atoms with Gasteiger partial charge in [0.05, 0.1) is 0 Å². The van der Waals surface area contributed by atoms with Gasteiger partial charge in [0.25, 0.3) is 0 Å². The average molecular weight is 176 g/mol. The van der Waals surface area contributed by atoms with Crippen LogP contribution in [0.15, 0.2) is 24.4 Å². The molecule has 0 aromatic carbocycles. The van der Waals surface area contributed by atoms with Crippen LogP contribution in [-0.4, -0.2) is 19.9 Å². The number of rotatable bonds is 1. The van der Waals surface area contributed by atoms with Gasteiger partial charge in [0.2, 0.25) is 11.8 Å². The van der Waals surface area contributed by atoms with Gasteiger partial charge in [-0.15, -0.1) is 10.2 Å². The zero-order chi connectivity index (χ0) is 9.26. The van der Waals surface area contributed by atoms with Gasteiger partial charge in [-0.3, -0.25) is 4.98 Å². The fourth-order valence-electron chi connectivity index (χ4n) is 0.973. The minimum Gasteiger partial charge on any atom is -0.366 e. The zero-order valence-corrected chi connectivity index (χ0v) is 6.75. The summed E-state index contributed by atoms with van der Waals surface area (Å²) in [4.78, 5) is 4.06. The molecule has 0 saturated carbocycles. The maximum absolute atomic E-state index is 5.56. The van der Waals surface area contributed by atoms with Crippen LogP contribution in [0.25, 0.3) is 11.5 Å². The molecule has 4 N–H and O–H groups in total. The fraction of sp³-hybridized carbons (Fsp3) is 0. The first-order valence-corrected chi connectivity index (χ1v) is 3.66. The summed E-state index contributed by atoms with van der Waals surface area (Å²) in [5.41, 5.74) is 6.06. The van der Waals surface area contributed by atoms with Crippen molar-refractivity contribution in [2.24, 2.45) is 0 Å². The van der Waals surface area contributed by atoms with E-state index in [0.717, 1.165) is 0 Å². The lowest BCUT2D eigenvalue weighted by molar-refractivity contribution is 1.01. The molecule has 66 valence electrons. The second-order valence-corrected chi connectivity index (χ2v) is 2.47. The summed E-state index contributed by atoms with van der Waals surface area (Å²) in [6, 6.07) is 5.43. The molecule has 0 amide bonds. The van der Waals surface area contributed by atoms with Gasteiger partial charge in [0, 0.05) is 6.20 Å². The van der Waals surface area contributed by atoms with E-state index in [0.29, 0.717) is 11.5 Å². The molecule has 6 heteroatoms. The standard InChI is InChI=1S/C7H8N6/c8-7-12-11-6(13(7)9)5-3-1-2-4-10-5/h1-4H,9H2,(H2,8,12). The van der Waals surface area contributed by atoms with Crippen LogP contribution >= 0.6 is 0 Å². The molecule has 0 aliphatic carbocycles. The van der Waals surface area contributed by atoms with E-state index in [1.807, 2.05) is 12.1 Å². The largest absolute Gasteiger partial charge is 0.366 e. The lowest BCUT2D eigenvalue weighted by Gasteiger charge is -1.98. The zero-order valence-electron chi connectivity index (χ0n) is 6.75. The minimum absolute atomic E-state index is 0.167. The number of pyridine rings is 1. The predicted octanol–water partition coefficient (Wildman–Crippen LogP) is -0.364. The van der Waals surface area contributed by atoms with Gasteiger partial charge in [0.1, 0.15) is 5.69 Å². The average Bonchev–Trinajstić information content (AvgIpc) is 2.49. The van der Waals surface area contributed by atoms with Gasteiger partial charge in [-0.25, -0.2) is 4.68 Å². The van der Waals surface area contributed by atoms with E-state index in [9.17, 15) is 0 Å². The minimum atomic E-state index is 0.167. The Labute approximate surface area is 74.2 Å². The molecule has 6 nitrogen and oxygen atoms in total. The van der Waals surface area contributed by atoms with Crippen LogP contribution in [0.3, 0.4) is 0 Å². The van der Waals surface area contributed by atoms with Crippen LogP contribution in [0.4, 0.5) is 5.95 Å². The van der Waals surface area contributed by atoms with Crippen molar-refractivity contribution in [1.82, 2.24) is 19.9 Å². The molecule has 0 spiro atoms. The highest BCUT2D eigenvalue weighted by Crippen LogP contribution is 2.12. The Kier molecular flexibility index (Phi) is 1.59. The number of hydrogen-bond acceptors (Lipinski definition) is 5. The van der Waals surface area contributed by atoms with Crippen LogP contribution in [-0.2, 0) is 0 Å². The van der Waals surface area contributed by atoms with Crippen molar-refractivity contribution in [1.29, 1.82) is 0 Å². The molecule has 13 heavy (non-hydrogen) atoms. The van der Waals surface area contributed by atoms with Gasteiger partial charge in [-0.1, -0.05) is 6.07 Å². The van der Waals surface area contributed by atoms with Gasteiger partial charge < -0.3 is 11.6 Å². The fourth-order valence-corrected chi connectivity index (χ4v) is 0.973. The van der Waals surface area contributed by atoms with E-state index >= 15 is 0 Å². The molecule has 2 aromatic rings. The molecule has 0 bridgehead atoms. The topological polar surface area (TPSA) is 95.6 Å². The van der Waals surface area contributed by atoms with Crippen molar-refractivity contribution in [2.45, 2.75) is 0 Å². The molecule has 2 heterocycles.